The summed E-state index contributed by atoms with van der Waals surface area (Å²) in [4.78, 5) is 11.5. The van der Waals surface area contributed by atoms with Gasteiger partial charge in [0.2, 0.25) is 0 Å². The standard InChI is InChI=1S/C11H13ClO4S/c1-4-7-5-9(12)10(17(3,14)15)6-8(7)11(13)16-2/h5-6H,4H2,1-3H3. The van der Waals surface area contributed by atoms with Crippen LogP contribution in [0.2, 0.25) is 5.02 Å². The van der Waals surface area contributed by atoms with E-state index in [0.29, 0.717) is 12.0 Å². The lowest BCUT2D eigenvalue weighted by molar-refractivity contribution is 0.0599. The molecule has 94 valence electrons. The second-order valence-corrected chi connectivity index (χ2v) is 5.95. The van der Waals surface area contributed by atoms with E-state index in [4.69, 9.17) is 11.6 Å². The molecule has 0 amide bonds. The Morgan fingerprint density at radius 1 is 1.41 bits per heavy atom. The Hall–Kier alpha value is -1.07. The van der Waals surface area contributed by atoms with Gasteiger partial charge in [-0.05, 0) is 24.1 Å². The van der Waals surface area contributed by atoms with Crippen molar-refractivity contribution in [1.29, 1.82) is 0 Å². The molecule has 0 spiro atoms. The van der Waals surface area contributed by atoms with Crippen molar-refractivity contribution in [2.24, 2.45) is 0 Å². The molecule has 0 aliphatic heterocycles. The highest BCUT2D eigenvalue weighted by atomic mass is 35.5. The molecule has 0 aromatic heterocycles. The summed E-state index contributed by atoms with van der Waals surface area (Å²) in [5, 5.41) is 0.122. The zero-order valence-electron chi connectivity index (χ0n) is 9.78. The predicted molar refractivity (Wildman–Crippen MR) is 65.3 cm³/mol. The van der Waals surface area contributed by atoms with E-state index in [0.717, 1.165) is 6.26 Å². The van der Waals surface area contributed by atoms with E-state index in [1.807, 2.05) is 6.92 Å². The van der Waals surface area contributed by atoms with Gasteiger partial charge in [-0.1, -0.05) is 18.5 Å². The lowest BCUT2D eigenvalue weighted by atomic mass is 10.1. The van der Waals surface area contributed by atoms with E-state index in [1.165, 1.54) is 19.2 Å². The van der Waals surface area contributed by atoms with Crippen molar-refractivity contribution < 1.29 is 17.9 Å². The van der Waals surface area contributed by atoms with E-state index < -0.39 is 15.8 Å². The maximum absolute atomic E-state index is 11.5. The monoisotopic (exact) mass is 276 g/mol. The van der Waals surface area contributed by atoms with Crippen LogP contribution in [-0.4, -0.2) is 27.8 Å². The van der Waals surface area contributed by atoms with Crippen LogP contribution in [0.3, 0.4) is 0 Å². The second kappa shape index (κ2) is 5.06. The van der Waals surface area contributed by atoms with Crippen LogP contribution in [0.15, 0.2) is 17.0 Å². The van der Waals surface area contributed by atoms with Gasteiger partial charge < -0.3 is 4.74 Å². The smallest absolute Gasteiger partial charge is 0.338 e. The zero-order chi connectivity index (χ0) is 13.2. The highest BCUT2D eigenvalue weighted by Gasteiger charge is 2.19. The molecule has 0 N–H and O–H groups in total. The predicted octanol–water partition coefficient (Wildman–Crippen LogP) is 2.09. The first-order chi connectivity index (χ1) is 7.81. The second-order valence-electron chi connectivity index (χ2n) is 3.56. The third-order valence-electron chi connectivity index (χ3n) is 2.34. The Morgan fingerprint density at radius 3 is 2.41 bits per heavy atom. The van der Waals surface area contributed by atoms with Gasteiger partial charge in [0.05, 0.1) is 22.6 Å². The van der Waals surface area contributed by atoms with Gasteiger partial charge in [0, 0.05) is 6.26 Å². The lowest BCUT2D eigenvalue weighted by Gasteiger charge is -2.10. The molecule has 1 aromatic carbocycles. The molecule has 1 rings (SSSR count). The number of rotatable bonds is 3. The molecule has 0 aliphatic carbocycles. The first-order valence-electron chi connectivity index (χ1n) is 4.92. The first kappa shape index (κ1) is 14.0. The molecule has 0 atom stereocenters. The van der Waals surface area contributed by atoms with Crippen molar-refractivity contribution in [3.05, 3.63) is 28.3 Å². The quantitative estimate of drug-likeness (QED) is 0.793. The molecule has 17 heavy (non-hydrogen) atoms. The molecule has 4 nitrogen and oxygen atoms in total. The fraction of sp³-hybridized carbons (Fsp3) is 0.364. The third-order valence-corrected chi connectivity index (χ3v) is 3.90. The van der Waals surface area contributed by atoms with E-state index >= 15 is 0 Å². The van der Waals surface area contributed by atoms with Gasteiger partial charge in [0.1, 0.15) is 0 Å². The van der Waals surface area contributed by atoms with Crippen molar-refractivity contribution in [3.8, 4) is 0 Å². The summed E-state index contributed by atoms with van der Waals surface area (Å²) < 4.78 is 27.6. The van der Waals surface area contributed by atoms with Crippen molar-refractivity contribution >= 4 is 27.4 Å². The van der Waals surface area contributed by atoms with Crippen LogP contribution in [0.4, 0.5) is 0 Å². The number of methoxy groups -OCH3 is 1. The Bertz CT molecular complexity index is 549. The van der Waals surface area contributed by atoms with Crippen LogP contribution in [0, 0.1) is 0 Å². The maximum atomic E-state index is 11.5. The van der Waals surface area contributed by atoms with Gasteiger partial charge in [0.25, 0.3) is 0 Å². The van der Waals surface area contributed by atoms with Gasteiger partial charge in [-0.3, -0.25) is 0 Å². The van der Waals surface area contributed by atoms with Crippen molar-refractivity contribution in [3.63, 3.8) is 0 Å². The van der Waals surface area contributed by atoms with Gasteiger partial charge in [0.15, 0.2) is 9.84 Å². The third kappa shape index (κ3) is 2.98. The van der Waals surface area contributed by atoms with E-state index in [2.05, 4.69) is 4.74 Å². The Balaban J connectivity index is 3.54. The molecule has 0 fully saturated rings. The lowest BCUT2D eigenvalue weighted by Crippen LogP contribution is -2.08. The summed E-state index contributed by atoms with van der Waals surface area (Å²) in [5.41, 5.74) is 0.897. The summed E-state index contributed by atoms with van der Waals surface area (Å²) in [6.45, 7) is 1.85. The number of aryl methyl sites for hydroxylation is 1. The molecule has 6 heteroatoms. The fourth-order valence-corrected chi connectivity index (χ4v) is 2.82. The number of esters is 1. The fourth-order valence-electron chi connectivity index (χ4n) is 1.47. The van der Waals surface area contributed by atoms with Crippen LogP contribution >= 0.6 is 11.6 Å². The minimum Gasteiger partial charge on any atom is -0.465 e. The summed E-state index contributed by atoms with van der Waals surface area (Å²) in [5.74, 6) is -0.566. The normalized spacial score (nSPS) is 11.3. The molecule has 1 aromatic rings. The first-order valence-corrected chi connectivity index (χ1v) is 7.19. The Morgan fingerprint density at radius 2 is 2.00 bits per heavy atom. The molecule has 0 unspecified atom stereocenters. The van der Waals surface area contributed by atoms with Crippen molar-refractivity contribution in [1.82, 2.24) is 0 Å². The summed E-state index contributed by atoms with van der Waals surface area (Å²) in [6, 6.07) is 2.76. The average molecular weight is 277 g/mol. The van der Waals surface area contributed by atoms with Crippen molar-refractivity contribution in [2.75, 3.05) is 13.4 Å². The number of carbonyl (C=O) groups excluding carboxylic acids is 1. The Labute approximate surface area is 105 Å². The minimum absolute atomic E-state index is 0.0585. The topological polar surface area (TPSA) is 60.4 Å². The number of ether oxygens (including phenoxy) is 1. The molecule has 0 aliphatic rings. The van der Waals surface area contributed by atoms with Gasteiger partial charge in [-0.25, -0.2) is 13.2 Å². The molecular formula is C11H13ClO4S. The number of halogens is 1. The van der Waals surface area contributed by atoms with Crippen LogP contribution < -0.4 is 0 Å². The summed E-state index contributed by atoms with van der Waals surface area (Å²) >= 11 is 5.88. The van der Waals surface area contributed by atoms with Crippen LogP contribution in [-0.2, 0) is 21.0 Å². The zero-order valence-corrected chi connectivity index (χ0v) is 11.4. The number of benzene rings is 1. The van der Waals surface area contributed by atoms with Crippen LogP contribution in [0.1, 0.15) is 22.8 Å². The van der Waals surface area contributed by atoms with Gasteiger partial charge in [-0.2, -0.15) is 0 Å². The average Bonchev–Trinajstić information content (AvgIpc) is 2.25. The number of carbonyl (C=O) groups is 1. The Kier molecular flexibility index (Phi) is 4.16. The summed E-state index contributed by atoms with van der Waals surface area (Å²) in [6.07, 6.45) is 1.61. The highest BCUT2D eigenvalue weighted by molar-refractivity contribution is 7.90. The highest BCUT2D eigenvalue weighted by Crippen LogP contribution is 2.26. The van der Waals surface area contributed by atoms with Gasteiger partial charge >= 0.3 is 5.97 Å². The molecule has 0 saturated heterocycles. The molecular weight excluding hydrogens is 264 g/mol. The summed E-state index contributed by atoms with van der Waals surface area (Å²) in [7, 11) is -2.22. The number of hydrogen-bond donors (Lipinski definition) is 0. The van der Waals surface area contributed by atoms with E-state index in [-0.39, 0.29) is 15.5 Å². The molecule has 0 saturated carbocycles. The maximum Gasteiger partial charge on any atom is 0.338 e. The molecule has 0 heterocycles. The minimum atomic E-state index is -3.46. The number of hydrogen-bond acceptors (Lipinski definition) is 4. The SMILES string of the molecule is CCc1cc(Cl)c(S(C)(=O)=O)cc1C(=O)OC. The molecule has 0 bridgehead atoms. The van der Waals surface area contributed by atoms with Crippen molar-refractivity contribution in [2.45, 2.75) is 18.2 Å². The molecule has 0 radical (unpaired) electrons. The largest absolute Gasteiger partial charge is 0.465 e. The number of sulfone groups is 1. The van der Waals surface area contributed by atoms with Crippen LogP contribution in [0.5, 0.6) is 0 Å². The van der Waals surface area contributed by atoms with Crippen LogP contribution in [0.25, 0.3) is 0 Å². The van der Waals surface area contributed by atoms with E-state index in [1.54, 1.807) is 0 Å². The van der Waals surface area contributed by atoms with E-state index in [9.17, 15) is 13.2 Å². The van der Waals surface area contributed by atoms with Gasteiger partial charge in [-0.15, -0.1) is 0 Å².